The highest BCUT2D eigenvalue weighted by Crippen LogP contribution is 2.30. The highest BCUT2D eigenvalue weighted by atomic mass is 16.5. The quantitative estimate of drug-likeness (QED) is 0.900. The van der Waals surface area contributed by atoms with Crippen LogP contribution in [0.4, 0.5) is 0 Å². The summed E-state index contributed by atoms with van der Waals surface area (Å²) in [7, 11) is 1.95. The van der Waals surface area contributed by atoms with Crippen LogP contribution in [0, 0.1) is 6.92 Å². The van der Waals surface area contributed by atoms with E-state index in [9.17, 15) is 0 Å². The van der Waals surface area contributed by atoms with Crippen molar-refractivity contribution >= 4 is 0 Å². The van der Waals surface area contributed by atoms with E-state index in [-0.39, 0.29) is 6.04 Å². The molecular weight excluding hydrogens is 226 g/mol. The van der Waals surface area contributed by atoms with E-state index >= 15 is 0 Å². The number of nitrogens with one attached hydrogen (secondary N) is 1. The van der Waals surface area contributed by atoms with Crippen LogP contribution < -0.4 is 10.1 Å². The zero-order chi connectivity index (χ0) is 12.5. The Balaban J connectivity index is 1.96. The van der Waals surface area contributed by atoms with Gasteiger partial charge in [-0.25, -0.2) is 0 Å². The van der Waals surface area contributed by atoms with Gasteiger partial charge in [-0.05, 0) is 49.4 Å². The van der Waals surface area contributed by atoms with Gasteiger partial charge in [0.05, 0.1) is 12.6 Å². The molecule has 0 aliphatic carbocycles. The van der Waals surface area contributed by atoms with Crippen molar-refractivity contribution in [1.82, 2.24) is 5.32 Å². The molecule has 0 radical (unpaired) electrons. The Morgan fingerprint density at radius 2 is 2.11 bits per heavy atom. The molecule has 18 heavy (non-hydrogen) atoms. The summed E-state index contributed by atoms with van der Waals surface area (Å²) in [6, 6.07) is 10.5. The third kappa shape index (κ3) is 1.91. The second kappa shape index (κ2) is 4.50. The fraction of sp³-hybridized carbons (Fsp3) is 0.333. The van der Waals surface area contributed by atoms with Crippen LogP contribution in [0.15, 0.2) is 34.7 Å². The Hall–Kier alpha value is -1.74. The van der Waals surface area contributed by atoms with Crippen molar-refractivity contribution in [3.05, 3.63) is 53.0 Å². The fourth-order valence-electron chi connectivity index (χ4n) is 2.47. The van der Waals surface area contributed by atoms with Crippen LogP contribution in [0.2, 0.25) is 0 Å². The minimum absolute atomic E-state index is 0.101. The lowest BCUT2D eigenvalue weighted by atomic mass is 10.0. The molecule has 0 saturated heterocycles. The van der Waals surface area contributed by atoms with Crippen molar-refractivity contribution in [3.8, 4) is 5.75 Å². The molecule has 0 amide bonds. The Labute approximate surface area is 107 Å². The first-order chi connectivity index (χ1) is 8.78. The molecule has 0 fully saturated rings. The van der Waals surface area contributed by atoms with E-state index in [0.717, 1.165) is 30.3 Å². The van der Waals surface area contributed by atoms with Gasteiger partial charge < -0.3 is 14.5 Å². The molecule has 94 valence electrons. The highest BCUT2D eigenvalue weighted by molar-refractivity contribution is 5.42. The third-order valence-electron chi connectivity index (χ3n) is 3.38. The van der Waals surface area contributed by atoms with Crippen molar-refractivity contribution in [2.45, 2.75) is 19.4 Å². The number of ether oxygens (including phenoxy) is 1. The van der Waals surface area contributed by atoms with Gasteiger partial charge in [0, 0.05) is 6.42 Å². The smallest absolute Gasteiger partial charge is 0.125 e. The van der Waals surface area contributed by atoms with Crippen LogP contribution in [0.25, 0.3) is 0 Å². The fourth-order valence-corrected chi connectivity index (χ4v) is 2.47. The van der Waals surface area contributed by atoms with Gasteiger partial charge in [-0.15, -0.1) is 0 Å². The first-order valence-electron chi connectivity index (χ1n) is 6.27. The van der Waals surface area contributed by atoms with Gasteiger partial charge in [0.15, 0.2) is 0 Å². The van der Waals surface area contributed by atoms with Crippen molar-refractivity contribution in [2.24, 2.45) is 0 Å². The standard InChI is InChI=1S/C15H17NO2/c1-10-3-5-14(18-10)15(16-2)12-4-6-13-11(9-12)7-8-17-13/h3-6,9,15-16H,7-8H2,1-2H3. The molecule has 1 aromatic heterocycles. The number of furan rings is 1. The van der Waals surface area contributed by atoms with Crippen molar-refractivity contribution in [2.75, 3.05) is 13.7 Å². The van der Waals surface area contributed by atoms with Crippen LogP contribution in [0.3, 0.4) is 0 Å². The van der Waals surface area contributed by atoms with Gasteiger partial charge in [-0.3, -0.25) is 0 Å². The maximum Gasteiger partial charge on any atom is 0.125 e. The molecule has 2 heterocycles. The number of rotatable bonds is 3. The summed E-state index contributed by atoms with van der Waals surface area (Å²) in [4.78, 5) is 0. The van der Waals surface area contributed by atoms with E-state index < -0.39 is 0 Å². The molecule has 3 rings (SSSR count). The lowest BCUT2D eigenvalue weighted by Gasteiger charge is -2.15. The van der Waals surface area contributed by atoms with Crippen LogP contribution in [-0.2, 0) is 6.42 Å². The van der Waals surface area contributed by atoms with Crippen LogP contribution >= 0.6 is 0 Å². The van der Waals surface area contributed by atoms with Crippen molar-refractivity contribution in [3.63, 3.8) is 0 Å². The average Bonchev–Trinajstić information content (AvgIpc) is 2.99. The van der Waals surface area contributed by atoms with E-state index in [1.54, 1.807) is 0 Å². The second-order valence-electron chi connectivity index (χ2n) is 4.64. The maximum absolute atomic E-state index is 5.72. The summed E-state index contributed by atoms with van der Waals surface area (Å²) in [6.07, 6.45) is 0.997. The number of aryl methyl sites for hydroxylation is 1. The molecule has 0 bridgehead atoms. The summed E-state index contributed by atoms with van der Waals surface area (Å²) < 4.78 is 11.2. The Bertz CT molecular complexity index is 559. The van der Waals surface area contributed by atoms with E-state index in [1.165, 1.54) is 11.1 Å². The first kappa shape index (κ1) is 11.4. The van der Waals surface area contributed by atoms with Crippen molar-refractivity contribution < 1.29 is 9.15 Å². The monoisotopic (exact) mass is 243 g/mol. The minimum Gasteiger partial charge on any atom is -0.493 e. The van der Waals surface area contributed by atoms with Gasteiger partial charge in [0.2, 0.25) is 0 Å². The Kier molecular flexibility index (Phi) is 2.84. The summed E-state index contributed by atoms with van der Waals surface area (Å²) in [6.45, 7) is 2.76. The molecule has 1 aliphatic rings. The predicted octanol–water partition coefficient (Wildman–Crippen LogP) is 2.83. The molecule has 1 aliphatic heterocycles. The number of hydrogen-bond donors (Lipinski definition) is 1. The molecule has 1 atom stereocenters. The molecule has 1 N–H and O–H groups in total. The normalized spacial score (nSPS) is 15.2. The number of hydrogen-bond acceptors (Lipinski definition) is 3. The van der Waals surface area contributed by atoms with Gasteiger partial charge in [0.1, 0.15) is 17.3 Å². The van der Waals surface area contributed by atoms with Crippen LogP contribution in [0.1, 0.15) is 28.7 Å². The maximum atomic E-state index is 5.72. The Morgan fingerprint density at radius 3 is 2.83 bits per heavy atom. The van der Waals surface area contributed by atoms with Crippen molar-refractivity contribution in [1.29, 1.82) is 0 Å². The van der Waals surface area contributed by atoms with E-state index in [1.807, 2.05) is 26.1 Å². The topological polar surface area (TPSA) is 34.4 Å². The van der Waals surface area contributed by atoms with E-state index in [2.05, 4.69) is 23.5 Å². The number of fused-ring (bicyclic) bond motifs is 1. The molecule has 3 heteroatoms. The highest BCUT2D eigenvalue weighted by Gasteiger charge is 2.19. The minimum atomic E-state index is 0.101. The zero-order valence-electron chi connectivity index (χ0n) is 10.7. The van der Waals surface area contributed by atoms with E-state index in [0.29, 0.717) is 0 Å². The lowest BCUT2D eigenvalue weighted by Crippen LogP contribution is -2.17. The van der Waals surface area contributed by atoms with Gasteiger partial charge in [0.25, 0.3) is 0 Å². The molecule has 3 nitrogen and oxygen atoms in total. The summed E-state index contributed by atoms with van der Waals surface area (Å²) in [5, 5.41) is 3.30. The molecular formula is C15H17NO2. The molecule has 0 saturated carbocycles. The molecule has 2 aromatic rings. The molecule has 0 spiro atoms. The third-order valence-corrected chi connectivity index (χ3v) is 3.38. The first-order valence-corrected chi connectivity index (χ1v) is 6.27. The predicted molar refractivity (Wildman–Crippen MR) is 70.0 cm³/mol. The summed E-state index contributed by atoms with van der Waals surface area (Å²) >= 11 is 0. The van der Waals surface area contributed by atoms with Crippen LogP contribution in [-0.4, -0.2) is 13.7 Å². The van der Waals surface area contributed by atoms with Gasteiger partial charge in [-0.1, -0.05) is 6.07 Å². The average molecular weight is 243 g/mol. The lowest BCUT2D eigenvalue weighted by molar-refractivity contribution is 0.356. The van der Waals surface area contributed by atoms with Gasteiger partial charge >= 0.3 is 0 Å². The zero-order valence-corrected chi connectivity index (χ0v) is 10.7. The summed E-state index contributed by atoms with van der Waals surface area (Å²) in [5.74, 6) is 2.91. The SMILES string of the molecule is CNC(c1ccc2c(c1)CCO2)c1ccc(C)o1. The molecule has 1 aromatic carbocycles. The van der Waals surface area contributed by atoms with Gasteiger partial charge in [-0.2, -0.15) is 0 Å². The largest absolute Gasteiger partial charge is 0.493 e. The van der Waals surface area contributed by atoms with Crippen LogP contribution in [0.5, 0.6) is 5.75 Å². The Morgan fingerprint density at radius 1 is 1.22 bits per heavy atom. The number of benzene rings is 1. The van der Waals surface area contributed by atoms with E-state index in [4.69, 9.17) is 9.15 Å². The summed E-state index contributed by atoms with van der Waals surface area (Å²) in [5.41, 5.74) is 2.51. The molecule has 1 unspecified atom stereocenters. The second-order valence-corrected chi connectivity index (χ2v) is 4.64.